The number of amides is 2. The molecule has 1 unspecified atom stereocenters. The highest BCUT2D eigenvalue weighted by Crippen LogP contribution is 2.18. The molecule has 22 heavy (non-hydrogen) atoms. The lowest BCUT2D eigenvalue weighted by Crippen LogP contribution is -2.36. The summed E-state index contributed by atoms with van der Waals surface area (Å²) in [4.78, 5) is 24.0. The highest BCUT2D eigenvalue weighted by atomic mass is 16.2. The zero-order valence-corrected chi connectivity index (χ0v) is 13.5. The van der Waals surface area contributed by atoms with Crippen molar-refractivity contribution in [2.24, 2.45) is 5.92 Å². The number of hydrogen-bond donors (Lipinski definition) is 3. The Kier molecular flexibility index (Phi) is 5.55. The summed E-state index contributed by atoms with van der Waals surface area (Å²) >= 11 is 0. The van der Waals surface area contributed by atoms with Crippen molar-refractivity contribution >= 4 is 17.5 Å². The van der Waals surface area contributed by atoms with Crippen LogP contribution in [0.25, 0.3) is 0 Å². The molecule has 0 saturated carbocycles. The summed E-state index contributed by atoms with van der Waals surface area (Å²) in [6, 6.07) is 5.59. The maximum absolute atomic E-state index is 12.2. The smallest absolute Gasteiger partial charge is 0.251 e. The molecule has 120 valence electrons. The van der Waals surface area contributed by atoms with E-state index in [4.69, 9.17) is 0 Å². The third kappa shape index (κ3) is 4.56. The van der Waals surface area contributed by atoms with Crippen LogP contribution in [0.15, 0.2) is 18.2 Å². The van der Waals surface area contributed by atoms with E-state index in [2.05, 4.69) is 16.0 Å². The van der Waals surface area contributed by atoms with Crippen LogP contribution in [0.3, 0.4) is 0 Å². The number of hydrogen-bond acceptors (Lipinski definition) is 3. The highest BCUT2D eigenvalue weighted by molar-refractivity contribution is 5.96. The highest BCUT2D eigenvalue weighted by Gasteiger charge is 2.18. The average molecular weight is 303 g/mol. The fourth-order valence-corrected chi connectivity index (χ4v) is 2.56. The summed E-state index contributed by atoms with van der Waals surface area (Å²) in [6.07, 6.45) is 1.46. The summed E-state index contributed by atoms with van der Waals surface area (Å²) < 4.78 is 0. The lowest BCUT2D eigenvalue weighted by Gasteiger charge is -2.14. The van der Waals surface area contributed by atoms with Gasteiger partial charge in [-0.2, -0.15) is 0 Å². The number of rotatable bonds is 5. The molecule has 0 aromatic heterocycles. The third-order valence-electron chi connectivity index (χ3n) is 3.75. The molecule has 1 aromatic rings. The van der Waals surface area contributed by atoms with Crippen LogP contribution in [0, 0.1) is 12.8 Å². The normalized spacial score (nSPS) is 17.5. The van der Waals surface area contributed by atoms with E-state index < -0.39 is 0 Å². The van der Waals surface area contributed by atoms with Gasteiger partial charge in [0.05, 0.1) is 0 Å². The zero-order chi connectivity index (χ0) is 16.1. The van der Waals surface area contributed by atoms with Crippen molar-refractivity contribution in [3.8, 4) is 0 Å². The number of aryl methyl sites for hydroxylation is 1. The molecular weight excluding hydrogens is 278 g/mol. The lowest BCUT2D eigenvalue weighted by molar-refractivity contribution is -0.116. The van der Waals surface area contributed by atoms with Crippen molar-refractivity contribution < 1.29 is 9.59 Å². The molecule has 2 amide bonds. The summed E-state index contributed by atoms with van der Waals surface area (Å²) in [5.74, 6) is 0.273. The Labute approximate surface area is 131 Å². The van der Waals surface area contributed by atoms with Gasteiger partial charge in [-0.25, -0.2) is 0 Å². The average Bonchev–Trinajstić information content (AvgIpc) is 2.93. The van der Waals surface area contributed by atoms with Crippen LogP contribution in [0.1, 0.15) is 42.6 Å². The molecule has 0 spiro atoms. The van der Waals surface area contributed by atoms with Gasteiger partial charge in [-0.3, -0.25) is 9.59 Å². The number of nitrogens with one attached hydrogen (secondary N) is 3. The second-order valence-electron chi connectivity index (χ2n) is 6.34. The second kappa shape index (κ2) is 7.40. The van der Waals surface area contributed by atoms with Crippen LogP contribution in [0.5, 0.6) is 0 Å². The number of carbonyl (C=O) groups is 2. The minimum atomic E-state index is -0.0585. The molecule has 1 aliphatic rings. The SMILES string of the molecule is Cc1cc(C(=O)NC2CCNC2)ccc1NC(=O)CC(C)C. The van der Waals surface area contributed by atoms with Gasteiger partial charge in [-0.05, 0) is 49.6 Å². The maximum Gasteiger partial charge on any atom is 0.251 e. The molecule has 0 bridgehead atoms. The van der Waals surface area contributed by atoms with E-state index in [-0.39, 0.29) is 17.9 Å². The molecule has 5 nitrogen and oxygen atoms in total. The van der Waals surface area contributed by atoms with Gasteiger partial charge in [0.15, 0.2) is 0 Å². The molecule has 1 atom stereocenters. The van der Waals surface area contributed by atoms with Gasteiger partial charge >= 0.3 is 0 Å². The van der Waals surface area contributed by atoms with Crippen LogP contribution in [0.2, 0.25) is 0 Å². The molecule has 1 saturated heterocycles. The van der Waals surface area contributed by atoms with Crippen LogP contribution >= 0.6 is 0 Å². The molecule has 0 aliphatic carbocycles. The summed E-state index contributed by atoms with van der Waals surface area (Å²) in [5.41, 5.74) is 2.30. The van der Waals surface area contributed by atoms with Gasteiger partial charge in [-0.1, -0.05) is 13.8 Å². The van der Waals surface area contributed by atoms with Crippen molar-refractivity contribution in [1.82, 2.24) is 10.6 Å². The molecule has 0 radical (unpaired) electrons. The van der Waals surface area contributed by atoms with E-state index in [1.54, 1.807) is 12.1 Å². The summed E-state index contributed by atoms with van der Waals surface area (Å²) in [5, 5.41) is 9.14. The van der Waals surface area contributed by atoms with E-state index in [0.717, 1.165) is 30.8 Å². The van der Waals surface area contributed by atoms with E-state index >= 15 is 0 Å². The third-order valence-corrected chi connectivity index (χ3v) is 3.75. The molecule has 3 N–H and O–H groups in total. The predicted octanol–water partition coefficient (Wildman–Crippen LogP) is 2.07. The van der Waals surface area contributed by atoms with Gasteiger partial charge < -0.3 is 16.0 Å². The van der Waals surface area contributed by atoms with Crippen molar-refractivity contribution in [1.29, 1.82) is 0 Å². The summed E-state index contributed by atoms with van der Waals surface area (Å²) in [7, 11) is 0. The molecule has 1 heterocycles. The Morgan fingerprint density at radius 2 is 2.14 bits per heavy atom. The molecule has 2 rings (SSSR count). The topological polar surface area (TPSA) is 70.2 Å². The first kappa shape index (κ1) is 16.5. The predicted molar refractivity (Wildman–Crippen MR) is 88.0 cm³/mol. The number of anilines is 1. The Balaban J connectivity index is 1.99. The molecule has 1 fully saturated rings. The summed E-state index contributed by atoms with van der Waals surface area (Å²) in [6.45, 7) is 7.70. The minimum Gasteiger partial charge on any atom is -0.348 e. The first-order valence-electron chi connectivity index (χ1n) is 7.88. The van der Waals surface area contributed by atoms with E-state index in [9.17, 15) is 9.59 Å². The van der Waals surface area contributed by atoms with Gasteiger partial charge in [-0.15, -0.1) is 0 Å². The quantitative estimate of drug-likeness (QED) is 0.780. The van der Waals surface area contributed by atoms with Crippen molar-refractivity contribution in [3.63, 3.8) is 0 Å². The molecule has 1 aromatic carbocycles. The van der Waals surface area contributed by atoms with Gasteiger partial charge in [0.2, 0.25) is 5.91 Å². The number of benzene rings is 1. The Morgan fingerprint density at radius 3 is 2.73 bits per heavy atom. The zero-order valence-electron chi connectivity index (χ0n) is 13.5. The van der Waals surface area contributed by atoms with E-state index in [1.807, 2.05) is 26.8 Å². The molecule has 1 aliphatic heterocycles. The largest absolute Gasteiger partial charge is 0.348 e. The van der Waals surface area contributed by atoms with Gasteiger partial charge in [0.25, 0.3) is 5.91 Å². The van der Waals surface area contributed by atoms with E-state index in [1.165, 1.54) is 0 Å². The molecular formula is C17H25N3O2. The second-order valence-corrected chi connectivity index (χ2v) is 6.34. The number of carbonyl (C=O) groups excluding carboxylic acids is 2. The standard InChI is InChI=1S/C17H25N3O2/c1-11(2)8-16(21)20-15-5-4-13(9-12(15)3)17(22)19-14-6-7-18-10-14/h4-5,9,11,14,18H,6-8,10H2,1-3H3,(H,19,22)(H,20,21). The van der Waals surface area contributed by atoms with Crippen LogP contribution in [-0.2, 0) is 4.79 Å². The Bertz CT molecular complexity index is 549. The lowest BCUT2D eigenvalue weighted by atomic mass is 10.1. The Hall–Kier alpha value is -1.88. The van der Waals surface area contributed by atoms with Crippen LogP contribution in [-0.4, -0.2) is 30.9 Å². The molecule has 5 heteroatoms. The Morgan fingerprint density at radius 1 is 1.36 bits per heavy atom. The van der Waals surface area contributed by atoms with Crippen LogP contribution in [0.4, 0.5) is 5.69 Å². The van der Waals surface area contributed by atoms with Gasteiger partial charge in [0, 0.05) is 30.3 Å². The first-order valence-corrected chi connectivity index (χ1v) is 7.88. The van der Waals surface area contributed by atoms with E-state index in [0.29, 0.717) is 17.9 Å². The first-order chi connectivity index (χ1) is 10.5. The fourth-order valence-electron chi connectivity index (χ4n) is 2.56. The monoisotopic (exact) mass is 303 g/mol. The van der Waals surface area contributed by atoms with Crippen molar-refractivity contribution in [2.75, 3.05) is 18.4 Å². The fraction of sp³-hybridized carbons (Fsp3) is 0.529. The maximum atomic E-state index is 12.2. The minimum absolute atomic E-state index is 0.00679. The van der Waals surface area contributed by atoms with Crippen molar-refractivity contribution in [3.05, 3.63) is 29.3 Å². The van der Waals surface area contributed by atoms with Crippen LogP contribution < -0.4 is 16.0 Å². The van der Waals surface area contributed by atoms with Crippen molar-refractivity contribution in [2.45, 2.75) is 39.7 Å². The van der Waals surface area contributed by atoms with Gasteiger partial charge in [0.1, 0.15) is 0 Å².